The average molecular weight is 318 g/mol. The van der Waals surface area contributed by atoms with E-state index in [1.54, 1.807) is 0 Å². The Bertz CT molecular complexity index is 583. The van der Waals surface area contributed by atoms with E-state index < -0.39 is 0 Å². The van der Waals surface area contributed by atoms with Crippen LogP contribution in [0.25, 0.3) is 0 Å². The van der Waals surface area contributed by atoms with Gasteiger partial charge in [0.1, 0.15) is 12.4 Å². The minimum atomic E-state index is 0.622. The number of hydrogen-bond donors (Lipinski definition) is 1. The van der Waals surface area contributed by atoms with Gasteiger partial charge in [0.05, 0.1) is 0 Å². The van der Waals surface area contributed by atoms with Crippen molar-refractivity contribution in [2.75, 3.05) is 6.54 Å². The zero-order valence-corrected chi connectivity index (χ0v) is 12.2. The van der Waals surface area contributed by atoms with Gasteiger partial charge in [-0.05, 0) is 47.9 Å². The van der Waals surface area contributed by atoms with Crippen LogP contribution in [0.5, 0.6) is 5.75 Å². The summed E-state index contributed by atoms with van der Waals surface area (Å²) in [6, 6.07) is 14.6. The van der Waals surface area contributed by atoms with E-state index in [9.17, 15) is 0 Å². The molecule has 2 aromatic carbocycles. The number of hydrogen-bond acceptors (Lipinski definition) is 2. The van der Waals surface area contributed by atoms with Gasteiger partial charge >= 0.3 is 0 Å². The van der Waals surface area contributed by atoms with E-state index in [2.05, 4.69) is 39.4 Å². The Hall–Kier alpha value is -1.32. The zero-order chi connectivity index (χ0) is 13.1. The van der Waals surface area contributed by atoms with Gasteiger partial charge in [0.15, 0.2) is 0 Å². The van der Waals surface area contributed by atoms with E-state index in [1.807, 2.05) is 24.3 Å². The van der Waals surface area contributed by atoms with Crippen LogP contribution in [0.2, 0.25) is 0 Å². The molecule has 0 fully saturated rings. The summed E-state index contributed by atoms with van der Waals surface area (Å²) in [6.07, 6.45) is 1.11. The van der Waals surface area contributed by atoms with Gasteiger partial charge in [-0.3, -0.25) is 0 Å². The topological polar surface area (TPSA) is 21.3 Å². The number of halogens is 1. The molecule has 0 amide bonds. The van der Waals surface area contributed by atoms with Crippen molar-refractivity contribution in [3.8, 4) is 5.75 Å². The van der Waals surface area contributed by atoms with Gasteiger partial charge in [0.2, 0.25) is 0 Å². The van der Waals surface area contributed by atoms with E-state index in [0.717, 1.165) is 29.7 Å². The molecule has 0 atom stereocenters. The predicted octanol–water partition coefficient (Wildman–Crippen LogP) is 3.67. The standard InChI is InChI=1S/C16H16BrNO/c17-15-2-1-3-16(9-15)19-11-12-4-5-14-10-18-7-6-13(14)8-12/h1-5,8-9,18H,6-7,10-11H2. The molecule has 0 radical (unpaired) electrons. The summed E-state index contributed by atoms with van der Waals surface area (Å²) in [5.74, 6) is 0.897. The van der Waals surface area contributed by atoms with E-state index in [4.69, 9.17) is 4.74 Å². The third-order valence-corrected chi connectivity index (χ3v) is 3.85. The molecule has 2 nitrogen and oxygen atoms in total. The summed E-state index contributed by atoms with van der Waals surface area (Å²) in [5, 5.41) is 3.39. The molecule has 1 heterocycles. The lowest BCUT2D eigenvalue weighted by Crippen LogP contribution is -2.23. The largest absolute Gasteiger partial charge is 0.489 e. The Morgan fingerprint density at radius 1 is 1.11 bits per heavy atom. The van der Waals surface area contributed by atoms with Gasteiger partial charge in [0, 0.05) is 11.0 Å². The van der Waals surface area contributed by atoms with Gasteiger partial charge in [0.25, 0.3) is 0 Å². The van der Waals surface area contributed by atoms with Crippen molar-refractivity contribution >= 4 is 15.9 Å². The molecule has 3 heteroatoms. The van der Waals surface area contributed by atoms with E-state index in [1.165, 1.54) is 16.7 Å². The Kier molecular flexibility index (Phi) is 3.85. The maximum Gasteiger partial charge on any atom is 0.120 e. The van der Waals surface area contributed by atoms with E-state index in [-0.39, 0.29) is 0 Å². The molecule has 3 rings (SSSR count). The van der Waals surface area contributed by atoms with Crippen molar-refractivity contribution in [2.45, 2.75) is 19.6 Å². The van der Waals surface area contributed by atoms with Crippen LogP contribution in [0.4, 0.5) is 0 Å². The number of benzene rings is 2. The molecule has 0 unspecified atom stereocenters. The van der Waals surface area contributed by atoms with Crippen molar-refractivity contribution < 1.29 is 4.74 Å². The normalized spacial score (nSPS) is 13.9. The smallest absolute Gasteiger partial charge is 0.120 e. The molecule has 0 saturated carbocycles. The first-order valence-corrected chi connectivity index (χ1v) is 7.30. The summed E-state index contributed by atoms with van der Waals surface area (Å²) >= 11 is 3.45. The lowest BCUT2D eigenvalue weighted by molar-refractivity contribution is 0.306. The first kappa shape index (κ1) is 12.7. The molecular formula is C16H16BrNO. The number of fused-ring (bicyclic) bond motifs is 1. The first-order chi connectivity index (χ1) is 9.31. The van der Waals surface area contributed by atoms with Crippen LogP contribution in [-0.2, 0) is 19.6 Å². The molecule has 2 aromatic rings. The van der Waals surface area contributed by atoms with Crippen molar-refractivity contribution in [1.29, 1.82) is 0 Å². The minimum Gasteiger partial charge on any atom is -0.489 e. The maximum atomic E-state index is 5.82. The van der Waals surface area contributed by atoms with Crippen LogP contribution in [0.1, 0.15) is 16.7 Å². The monoisotopic (exact) mass is 317 g/mol. The SMILES string of the molecule is Brc1cccc(OCc2ccc3c(c2)CCNC3)c1. The van der Waals surface area contributed by atoms with E-state index >= 15 is 0 Å². The van der Waals surface area contributed by atoms with E-state index in [0.29, 0.717) is 6.61 Å². The lowest BCUT2D eigenvalue weighted by Gasteiger charge is -2.18. The molecule has 1 aliphatic rings. The second-order valence-corrected chi connectivity index (χ2v) is 5.69. The molecule has 0 bridgehead atoms. The summed E-state index contributed by atoms with van der Waals surface area (Å²) in [7, 11) is 0. The van der Waals surface area contributed by atoms with Crippen molar-refractivity contribution in [3.05, 3.63) is 63.6 Å². The fraction of sp³-hybridized carbons (Fsp3) is 0.250. The average Bonchev–Trinajstić information content (AvgIpc) is 2.45. The Balaban J connectivity index is 1.70. The van der Waals surface area contributed by atoms with Gasteiger partial charge < -0.3 is 10.1 Å². The fourth-order valence-electron chi connectivity index (χ4n) is 2.34. The predicted molar refractivity (Wildman–Crippen MR) is 80.3 cm³/mol. The quantitative estimate of drug-likeness (QED) is 0.932. The number of nitrogens with one attached hydrogen (secondary N) is 1. The van der Waals surface area contributed by atoms with Gasteiger partial charge in [-0.15, -0.1) is 0 Å². The highest BCUT2D eigenvalue weighted by molar-refractivity contribution is 9.10. The second kappa shape index (κ2) is 5.76. The van der Waals surface area contributed by atoms with Crippen LogP contribution >= 0.6 is 15.9 Å². The molecular weight excluding hydrogens is 302 g/mol. The van der Waals surface area contributed by atoms with Gasteiger partial charge in [-0.25, -0.2) is 0 Å². The minimum absolute atomic E-state index is 0.622. The Labute approximate surface area is 121 Å². The molecule has 98 valence electrons. The lowest BCUT2D eigenvalue weighted by atomic mass is 9.99. The third-order valence-electron chi connectivity index (χ3n) is 3.36. The first-order valence-electron chi connectivity index (χ1n) is 6.51. The van der Waals surface area contributed by atoms with Crippen LogP contribution in [-0.4, -0.2) is 6.54 Å². The highest BCUT2D eigenvalue weighted by Crippen LogP contribution is 2.20. The number of ether oxygens (including phenoxy) is 1. The zero-order valence-electron chi connectivity index (χ0n) is 10.7. The fourth-order valence-corrected chi connectivity index (χ4v) is 2.72. The summed E-state index contributed by atoms with van der Waals surface area (Å²) in [5.41, 5.74) is 4.10. The molecule has 1 aliphatic heterocycles. The number of rotatable bonds is 3. The van der Waals surface area contributed by atoms with Crippen LogP contribution in [0.3, 0.4) is 0 Å². The van der Waals surface area contributed by atoms with Gasteiger partial charge in [-0.1, -0.05) is 40.2 Å². The summed E-state index contributed by atoms with van der Waals surface area (Å²) < 4.78 is 6.86. The molecule has 1 N–H and O–H groups in total. The highest BCUT2D eigenvalue weighted by atomic mass is 79.9. The highest BCUT2D eigenvalue weighted by Gasteiger charge is 2.08. The maximum absolute atomic E-state index is 5.82. The Morgan fingerprint density at radius 2 is 2.05 bits per heavy atom. The second-order valence-electron chi connectivity index (χ2n) is 4.78. The third kappa shape index (κ3) is 3.17. The van der Waals surface area contributed by atoms with Crippen LogP contribution in [0.15, 0.2) is 46.9 Å². The van der Waals surface area contributed by atoms with Crippen LogP contribution < -0.4 is 10.1 Å². The van der Waals surface area contributed by atoms with Crippen LogP contribution in [0, 0.1) is 0 Å². The summed E-state index contributed by atoms with van der Waals surface area (Å²) in [6.45, 7) is 2.68. The summed E-state index contributed by atoms with van der Waals surface area (Å²) in [4.78, 5) is 0. The Morgan fingerprint density at radius 3 is 2.95 bits per heavy atom. The van der Waals surface area contributed by atoms with Crippen molar-refractivity contribution in [3.63, 3.8) is 0 Å². The molecule has 0 spiro atoms. The van der Waals surface area contributed by atoms with Crippen molar-refractivity contribution in [2.24, 2.45) is 0 Å². The molecule has 0 aromatic heterocycles. The molecule has 0 saturated heterocycles. The van der Waals surface area contributed by atoms with Crippen molar-refractivity contribution in [1.82, 2.24) is 5.32 Å². The molecule has 0 aliphatic carbocycles. The van der Waals surface area contributed by atoms with Gasteiger partial charge in [-0.2, -0.15) is 0 Å². The molecule has 19 heavy (non-hydrogen) atoms.